The monoisotopic (exact) mass is 434 g/mol. The number of hydrogen-bond acceptors (Lipinski definition) is 3. The summed E-state index contributed by atoms with van der Waals surface area (Å²) in [5.41, 5.74) is 5.82. The van der Waals surface area contributed by atoms with Gasteiger partial charge in [0.25, 0.3) is 0 Å². The summed E-state index contributed by atoms with van der Waals surface area (Å²) in [6.07, 6.45) is 12.3. The van der Waals surface area contributed by atoms with Crippen LogP contribution >= 0.6 is 0 Å². The van der Waals surface area contributed by atoms with Crippen LogP contribution in [0, 0.1) is 0 Å². The minimum atomic E-state index is 0.0884. The molecule has 2 N–H and O–H groups in total. The van der Waals surface area contributed by atoms with Gasteiger partial charge in [0.15, 0.2) is 11.5 Å². The van der Waals surface area contributed by atoms with Gasteiger partial charge in [-0.25, -0.2) is 0 Å². The Kier molecular flexibility index (Phi) is 6.86. The lowest BCUT2D eigenvalue weighted by molar-refractivity contribution is 0.285. The Bertz CT molecular complexity index is 1330. The first-order valence-electron chi connectivity index (χ1n) is 10.7. The van der Waals surface area contributed by atoms with Crippen LogP contribution in [0.2, 0.25) is 0 Å². The first-order chi connectivity index (χ1) is 16.1. The molecular formula is C29H26N2O2. The highest BCUT2D eigenvalue weighted by atomic mass is 16.5. The zero-order chi connectivity index (χ0) is 23.0. The smallest absolute Gasteiger partial charge is 0.161 e. The van der Waals surface area contributed by atoms with Gasteiger partial charge in [-0.3, -0.25) is 4.98 Å². The molecule has 0 atom stereocenters. The summed E-state index contributed by atoms with van der Waals surface area (Å²) < 4.78 is 5.66. The molecule has 0 radical (unpaired) electrons. The van der Waals surface area contributed by atoms with Gasteiger partial charge in [-0.15, -0.1) is 0 Å². The number of nitrogens with one attached hydrogen (secondary N) is 1. The molecule has 0 fully saturated rings. The number of allylic oxidation sites excluding steroid dienone is 4. The summed E-state index contributed by atoms with van der Waals surface area (Å²) >= 11 is 0. The maximum absolute atomic E-state index is 10.3. The van der Waals surface area contributed by atoms with Crippen molar-refractivity contribution in [2.75, 3.05) is 0 Å². The van der Waals surface area contributed by atoms with Gasteiger partial charge in [-0.05, 0) is 65.4 Å². The molecule has 0 aliphatic heterocycles. The first-order valence-corrected chi connectivity index (χ1v) is 10.7. The van der Waals surface area contributed by atoms with Gasteiger partial charge in [0.05, 0.1) is 5.69 Å². The Labute approximate surface area is 193 Å². The number of aromatic amines is 1. The normalized spacial score (nSPS) is 11.4. The maximum Gasteiger partial charge on any atom is 0.161 e. The largest absolute Gasteiger partial charge is 0.504 e. The van der Waals surface area contributed by atoms with Gasteiger partial charge < -0.3 is 14.8 Å². The summed E-state index contributed by atoms with van der Waals surface area (Å²) in [6, 6.07) is 19.3. The lowest BCUT2D eigenvalue weighted by Gasteiger charge is -2.08. The quantitative estimate of drug-likeness (QED) is 0.277. The van der Waals surface area contributed by atoms with Crippen molar-refractivity contribution in [2.24, 2.45) is 0 Å². The van der Waals surface area contributed by atoms with Gasteiger partial charge in [0.1, 0.15) is 6.61 Å². The van der Waals surface area contributed by atoms with Crippen molar-refractivity contribution in [1.82, 2.24) is 9.97 Å². The zero-order valence-corrected chi connectivity index (χ0v) is 18.4. The standard InChI is InChI=1S/C29H26N2O2/c1-21(6-8-23-10-12-27-25(18-23)14-16-31-27)17-22(2)7-9-24-11-13-29(28(32)19-24)33-20-26-5-3-4-15-30-26/h3-16,18-19,31-32H,1-2,17,20H2/b8-6+,9-7+. The van der Waals surface area contributed by atoms with Crippen molar-refractivity contribution in [3.8, 4) is 11.5 Å². The van der Waals surface area contributed by atoms with Crippen molar-refractivity contribution in [2.45, 2.75) is 13.0 Å². The Balaban J connectivity index is 1.30. The van der Waals surface area contributed by atoms with E-state index in [-0.39, 0.29) is 5.75 Å². The molecule has 2 aromatic heterocycles. The van der Waals surface area contributed by atoms with Gasteiger partial charge in [0, 0.05) is 17.9 Å². The topological polar surface area (TPSA) is 58.1 Å². The predicted octanol–water partition coefficient (Wildman–Crippen LogP) is 7.08. The van der Waals surface area contributed by atoms with E-state index in [0.717, 1.165) is 33.5 Å². The van der Waals surface area contributed by atoms with Crippen LogP contribution in [0.15, 0.2) is 110 Å². The molecule has 0 aliphatic carbocycles. The third kappa shape index (κ3) is 6.11. The zero-order valence-electron chi connectivity index (χ0n) is 18.4. The van der Waals surface area contributed by atoms with Crippen LogP contribution in [0.3, 0.4) is 0 Å². The number of H-pyrrole nitrogens is 1. The number of hydrogen-bond donors (Lipinski definition) is 2. The second-order valence-corrected chi connectivity index (χ2v) is 7.82. The Morgan fingerprint density at radius 1 is 0.939 bits per heavy atom. The third-order valence-corrected chi connectivity index (χ3v) is 5.14. The molecule has 4 heteroatoms. The van der Waals surface area contributed by atoms with Crippen LogP contribution < -0.4 is 4.74 Å². The summed E-state index contributed by atoms with van der Waals surface area (Å²) in [5, 5.41) is 11.5. The lowest BCUT2D eigenvalue weighted by atomic mass is 10.0. The summed E-state index contributed by atoms with van der Waals surface area (Å²) in [4.78, 5) is 7.41. The van der Waals surface area contributed by atoms with Crippen molar-refractivity contribution in [1.29, 1.82) is 0 Å². The molecule has 4 rings (SSSR count). The van der Waals surface area contributed by atoms with E-state index in [1.165, 1.54) is 5.39 Å². The fourth-order valence-electron chi connectivity index (χ4n) is 3.41. The highest BCUT2D eigenvalue weighted by Gasteiger charge is 2.04. The number of phenolic OH excluding ortho intramolecular Hbond substituents is 1. The average Bonchev–Trinajstić information content (AvgIpc) is 3.29. The molecule has 0 saturated carbocycles. The number of aromatic nitrogens is 2. The van der Waals surface area contributed by atoms with Crippen LogP contribution in [-0.2, 0) is 6.61 Å². The van der Waals surface area contributed by atoms with Crippen molar-refractivity contribution in [3.63, 3.8) is 0 Å². The van der Waals surface area contributed by atoms with E-state index < -0.39 is 0 Å². The predicted molar refractivity (Wildman–Crippen MR) is 136 cm³/mol. The molecule has 4 nitrogen and oxygen atoms in total. The first kappa shape index (κ1) is 21.9. The van der Waals surface area contributed by atoms with E-state index in [1.807, 2.05) is 48.7 Å². The van der Waals surface area contributed by atoms with E-state index in [9.17, 15) is 5.11 Å². The Morgan fingerprint density at radius 3 is 2.42 bits per heavy atom. The number of rotatable bonds is 9. The third-order valence-electron chi connectivity index (χ3n) is 5.14. The molecule has 0 saturated heterocycles. The van der Waals surface area contributed by atoms with E-state index in [2.05, 4.69) is 53.5 Å². The molecule has 0 bridgehead atoms. The van der Waals surface area contributed by atoms with Crippen molar-refractivity contribution in [3.05, 3.63) is 126 Å². The SMILES string of the molecule is C=C(/C=C/c1ccc(OCc2ccccn2)c(O)c1)CC(=C)/C=C/c1ccc2[nH]ccc2c1. The van der Waals surface area contributed by atoms with Gasteiger partial charge in [0.2, 0.25) is 0 Å². The van der Waals surface area contributed by atoms with Crippen LogP contribution in [0.5, 0.6) is 11.5 Å². The summed E-state index contributed by atoms with van der Waals surface area (Å²) in [7, 11) is 0. The second-order valence-electron chi connectivity index (χ2n) is 7.82. The van der Waals surface area contributed by atoms with Crippen LogP contribution in [0.25, 0.3) is 23.1 Å². The number of phenols is 1. The van der Waals surface area contributed by atoms with Crippen LogP contribution in [-0.4, -0.2) is 15.1 Å². The number of benzene rings is 2. The van der Waals surface area contributed by atoms with Crippen molar-refractivity contribution >= 4 is 23.1 Å². The number of fused-ring (bicyclic) bond motifs is 1. The van der Waals surface area contributed by atoms with Crippen LogP contribution in [0.4, 0.5) is 0 Å². The van der Waals surface area contributed by atoms with Gasteiger partial charge in [-0.2, -0.15) is 0 Å². The van der Waals surface area contributed by atoms with E-state index in [1.54, 1.807) is 18.3 Å². The summed E-state index contributed by atoms with van der Waals surface area (Å²) in [5.74, 6) is 0.512. The Morgan fingerprint density at radius 2 is 1.70 bits per heavy atom. The molecule has 33 heavy (non-hydrogen) atoms. The Hall–Kier alpha value is -4.31. The number of aromatic hydroxyl groups is 1. The second kappa shape index (κ2) is 10.3. The molecule has 164 valence electrons. The minimum absolute atomic E-state index is 0.0884. The minimum Gasteiger partial charge on any atom is -0.504 e. The highest BCUT2D eigenvalue weighted by molar-refractivity contribution is 5.82. The molecule has 2 aromatic carbocycles. The maximum atomic E-state index is 10.3. The molecule has 2 heterocycles. The summed E-state index contributed by atoms with van der Waals surface area (Å²) in [6.45, 7) is 8.56. The number of ether oxygens (including phenoxy) is 1. The van der Waals surface area contributed by atoms with Crippen LogP contribution in [0.1, 0.15) is 23.2 Å². The molecule has 0 aliphatic rings. The highest BCUT2D eigenvalue weighted by Crippen LogP contribution is 2.28. The van der Waals surface area contributed by atoms with Gasteiger partial charge >= 0.3 is 0 Å². The van der Waals surface area contributed by atoms with E-state index >= 15 is 0 Å². The molecular weight excluding hydrogens is 408 g/mol. The average molecular weight is 435 g/mol. The number of nitrogens with zero attached hydrogens (tertiary/aromatic N) is 1. The van der Waals surface area contributed by atoms with E-state index in [0.29, 0.717) is 18.8 Å². The fraction of sp³-hybridized carbons (Fsp3) is 0.0690. The molecule has 0 amide bonds. The van der Waals surface area contributed by atoms with E-state index in [4.69, 9.17) is 4.74 Å². The molecule has 0 unspecified atom stereocenters. The van der Waals surface area contributed by atoms with Crippen molar-refractivity contribution < 1.29 is 9.84 Å². The fourth-order valence-corrected chi connectivity index (χ4v) is 3.41. The van der Waals surface area contributed by atoms with Gasteiger partial charge in [-0.1, -0.05) is 66.8 Å². The number of pyridine rings is 1. The lowest BCUT2D eigenvalue weighted by Crippen LogP contribution is -1.97. The molecule has 4 aromatic rings. The molecule has 0 spiro atoms.